The van der Waals surface area contributed by atoms with Crippen LogP contribution >= 0.6 is 0 Å². The minimum absolute atomic E-state index is 0.125. The molecule has 0 aliphatic heterocycles. The molecule has 0 amide bonds. The number of anilines is 1. The lowest BCUT2D eigenvalue weighted by Gasteiger charge is -2.11. The maximum absolute atomic E-state index is 8.99. The van der Waals surface area contributed by atoms with E-state index in [9.17, 15) is 0 Å². The molecule has 3 nitrogen and oxygen atoms in total. The number of nitrogens with two attached hydrogens (primary N) is 1. The summed E-state index contributed by atoms with van der Waals surface area (Å²) in [7, 11) is 0. The lowest BCUT2D eigenvalue weighted by Crippen LogP contribution is -2.00. The summed E-state index contributed by atoms with van der Waals surface area (Å²) in [6.45, 7) is 2.16. The predicted octanol–water partition coefficient (Wildman–Crippen LogP) is 2.11. The van der Waals surface area contributed by atoms with Crippen molar-refractivity contribution in [2.75, 3.05) is 12.3 Å². The molecular weight excluding hydrogens is 200 g/mol. The molecule has 0 aliphatic rings. The Morgan fingerprint density at radius 2 is 2.19 bits per heavy atom. The van der Waals surface area contributed by atoms with Crippen molar-refractivity contribution in [2.45, 2.75) is 13.3 Å². The first-order valence-electron chi connectivity index (χ1n) is 5.35. The maximum Gasteiger partial charge on any atom is 0.0472 e. The standard InChI is InChI=1S/C13H16N2O/c1-9-6-10(3-5-16)13(14)12(7-9)11-2-4-15-8-11/h2,4,6-8,15-16H,3,5,14H2,1H3. The summed E-state index contributed by atoms with van der Waals surface area (Å²) in [5, 5.41) is 8.99. The summed E-state index contributed by atoms with van der Waals surface area (Å²) in [5.41, 5.74) is 11.2. The van der Waals surface area contributed by atoms with Crippen LogP contribution < -0.4 is 5.73 Å². The van der Waals surface area contributed by atoms with Gasteiger partial charge >= 0.3 is 0 Å². The third-order valence-corrected chi connectivity index (χ3v) is 2.70. The summed E-state index contributed by atoms with van der Waals surface area (Å²) < 4.78 is 0. The summed E-state index contributed by atoms with van der Waals surface area (Å²) in [6.07, 6.45) is 4.40. The van der Waals surface area contributed by atoms with Crippen molar-refractivity contribution in [1.82, 2.24) is 4.98 Å². The van der Waals surface area contributed by atoms with E-state index in [1.165, 1.54) is 0 Å². The molecule has 0 spiro atoms. The van der Waals surface area contributed by atoms with E-state index in [0.29, 0.717) is 6.42 Å². The van der Waals surface area contributed by atoms with Crippen molar-refractivity contribution in [3.8, 4) is 11.1 Å². The molecule has 84 valence electrons. The molecule has 0 fully saturated rings. The van der Waals surface area contributed by atoms with E-state index < -0.39 is 0 Å². The van der Waals surface area contributed by atoms with Gasteiger partial charge < -0.3 is 15.8 Å². The number of aliphatic hydroxyl groups is 1. The van der Waals surface area contributed by atoms with Crippen LogP contribution in [0.1, 0.15) is 11.1 Å². The number of aromatic amines is 1. The molecular formula is C13H16N2O. The summed E-state index contributed by atoms with van der Waals surface area (Å²) >= 11 is 0. The van der Waals surface area contributed by atoms with Crippen molar-refractivity contribution in [2.24, 2.45) is 0 Å². The number of H-pyrrole nitrogens is 1. The Morgan fingerprint density at radius 3 is 2.81 bits per heavy atom. The van der Waals surface area contributed by atoms with Gasteiger partial charge in [0.2, 0.25) is 0 Å². The zero-order valence-corrected chi connectivity index (χ0v) is 9.33. The van der Waals surface area contributed by atoms with Crippen molar-refractivity contribution >= 4 is 5.69 Å². The highest BCUT2D eigenvalue weighted by molar-refractivity contribution is 5.79. The molecule has 1 heterocycles. The molecule has 0 atom stereocenters. The Bertz CT molecular complexity index is 475. The first-order valence-corrected chi connectivity index (χ1v) is 5.35. The van der Waals surface area contributed by atoms with Gasteiger partial charge in [0.1, 0.15) is 0 Å². The van der Waals surface area contributed by atoms with Crippen molar-refractivity contribution in [3.05, 3.63) is 41.7 Å². The van der Waals surface area contributed by atoms with Gasteiger partial charge in [-0.15, -0.1) is 0 Å². The first kappa shape index (κ1) is 10.8. The van der Waals surface area contributed by atoms with Gasteiger partial charge in [-0.2, -0.15) is 0 Å². The van der Waals surface area contributed by atoms with Gasteiger partial charge in [-0.25, -0.2) is 0 Å². The molecule has 1 aromatic heterocycles. The fraction of sp³-hybridized carbons (Fsp3) is 0.231. The minimum atomic E-state index is 0.125. The smallest absolute Gasteiger partial charge is 0.0472 e. The normalized spacial score (nSPS) is 10.6. The number of aryl methyl sites for hydroxylation is 1. The molecule has 3 heteroatoms. The van der Waals surface area contributed by atoms with Gasteiger partial charge in [-0.05, 0) is 31.0 Å². The van der Waals surface area contributed by atoms with Gasteiger partial charge in [0, 0.05) is 35.8 Å². The van der Waals surface area contributed by atoms with Gasteiger partial charge in [0.05, 0.1) is 0 Å². The molecule has 0 saturated heterocycles. The summed E-state index contributed by atoms with van der Waals surface area (Å²) in [5.74, 6) is 0. The Kier molecular flexibility index (Phi) is 2.97. The molecule has 2 rings (SSSR count). The Morgan fingerprint density at radius 1 is 1.38 bits per heavy atom. The van der Waals surface area contributed by atoms with E-state index in [-0.39, 0.29) is 6.61 Å². The number of hydrogen-bond donors (Lipinski definition) is 3. The summed E-state index contributed by atoms with van der Waals surface area (Å²) in [4.78, 5) is 3.02. The zero-order valence-electron chi connectivity index (χ0n) is 9.33. The average molecular weight is 216 g/mol. The highest BCUT2D eigenvalue weighted by atomic mass is 16.2. The minimum Gasteiger partial charge on any atom is -0.398 e. The number of nitrogens with one attached hydrogen (secondary N) is 1. The molecule has 2 aromatic rings. The third kappa shape index (κ3) is 1.95. The van der Waals surface area contributed by atoms with E-state index in [4.69, 9.17) is 10.8 Å². The van der Waals surface area contributed by atoms with E-state index in [1.54, 1.807) is 0 Å². The number of nitrogen functional groups attached to an aromatic ring is 1. The topological polar surface area (TPSA) is 62.0 Å². The number of hydrogen-bond acceptors (Lipinski definition) is 2. The van der Waals surface area contributed by atoms with E-state index in [1.807, 2.05) is 31.5 Å². The monoisotopic (exact) mass is 216 g/mol. The van der Waals surface area contributed by atoms with Crippen molar-refractivity contribution in [3.63, 3.8) is 0 Å². The van der Waals surface area contributed by atoms with Crippen LogP contribution in [-0.2, 0) is 6.42 Å². The second-order valence-corrected chi connectivity index (χ2v) is 3.96. The van der Waals surface area contributed by atoms with Gasteiger partial charge in [-0.1, -0.05) is 11.6 Å². The fourth-order valence-electron chi connectivity index (χ4n) is 1.93. The molecule has 16 heavy (non-hydrogen) atoms. The third-order valence-electron chi connectivity index (χ3n) is 2.70. The SMILES string of the molecule is Cc1cc(CCO)c(N)c(-c2cc[nH]c2)c1. The highest BCUT2D eigenvalue weighted by Crippen LogP contribution is 2.30. The van der Waals surface area contributed by atoms with Gasteiger partial charge in [0.25, 0.3) is 0 Å². The second-order valence-electron chi connectivity index (χ2n) is 3.96. The second kappa shape index (κ2) is 4.41. The quantitative estimate of drug-likeness (QED) is 0.688. The van der Waals surface area contributed by atoms with Crippen LogP contribution in [0.15, 0.2) is 30.6 Å². The first-order chi connectivity index (χ1) is 7.72. The molecule has 0 saturated carbocycles. The van der Waals surface area contributed by atoms with E-state index >= 15 is 0 Å². The summed E-state index contributed by atoms with van der Waals surface area (Å²) in [6, 6.07) is 6.09. The predicted molar refractivity (Wildman–Crippen MR) is 66.2 cm³/mol. The number of rotatable bonds is 3. The van der Waals surface area contributed by atoms with Crippen LogP contribution in [-0.4, -0.2) is 16.7 Å². The van der Waals surface area contributed by atoms with Crippen LogP contribution in [0.4, 0.5) is 5.69 Å². The molecule has 0 bridgehead atoms. The van der Waals surface area contributed by atoms with Gasteiger partial charge in [0.15, 0.2) is 0 Å². The van der Waals surface area contributed by atoms with Crippen LogP contribution in [0.2, 0.25) is 0 Å². The highest BCUT2D eigenvalue weighted by Gasteiger charge is 2.08. The van der Waals surface area contributed by atoms with Crippen molar-refractivity contribution < 1.29 is 5.11 Å². The number of aromatic nitrogens is 1. The van der Waals surface area contributed by atoms with Crippen LogP contribution in [0.25, 0.3) is 11.1 Å². The zero-order chi connectivity index (χ0) is 11.5. The van der Waals surface area contributed by atoms with Crippen molar-refractivity contribution in [1.29, 1.82) is 0 Å². The lowest BCUT2D eigenvalue weighted by molar-refractivity contribution is 0.300. The van der Waals surface area contributed by atoms with Crippen LogP contribution in [0, 0.1) is 6.92 Å². The molecule has 0 unspecified atom stereocenters. The Hall–Kier alpha value is -1.74. The maximum atomic E-state index is 8.99. The molecule has 0 aliphatic carbocycles. The van der Waals surface area contributed by atoms with E-state index in [2.05, 4.69) is 11.1 Å². The van der Waals surface area contributed by atoms with Crippen LogP contribution in [0.5, 0.6) is 0 Å². The number of benzene rings is 1. The number of aliphatic hydroxyl groups excluding tert-OH is 1. The average Bonchev–Trinajstić information content (AvgIpc) is 2.76. The van der Waals surface area contributed by atoms with E-state index in [0.717, 1.165) is 27.9 Å². The lowest BCUT2D eigenvalue weighted by atomic mass is 9.98. The molecule has 0 radical (unpaired) electrons. The molecule has 4 N–H and O–H groups in total. The Labute approximate surface area is 94.9 Å². The van der Waals surface area contributed by atoms with Gasteiger partial charge in [-0.3, -0.25) is 0 Å². The molecule has 1 aromatic carbocycles. The van der Waals surface area contributed by atoms with Crippen LogP contribution in [0.3, 0.4) is 0 Å². The largest absolute Gasteiger partial charge is 0.398 e. The Balaban J connectivity index is 2.53. The fourth-order valence-corrected chi connectivity index (χ4v) is 1.93.